The molecule has 2 N–H and O–H groups in total. The van der Waals surface area contributed by atoms with Crippen LogP contribution in [0.5, 0.6) is 0 Å². The number of β-amino-alcohol motifs (C(OH)–C–C–N with tert-alkyl or cyclic N) is 1. The summed E-state index contributed by atoms with van der Waals surface area (Å²) < 4.78 is 5.21. The third-order valence-electron chi connectivity index (χ3n) is 2.46. The van der Waals surface area contributed by atoms with E-state index in [0.717, 1.165) is 6.54 Å². The predicted molar refractivity (Wildman–Crippen MR) is 61.3 cm³/mol. The van der Waals surface area contributed by atoms with Crippen molar-refractivity contribution in [1.82, 2.24) is 10.2 Å². The Morgan fingerprint density at radius 2 is 2.19 bits per heavy atom. The molecule has 0 saturated carbocycles. The zero-order valence-corrected chi connectivity index (χ0v) is 10.5. The molecule has 0 aliphatic carbocycles. The maximum absolute atomic E-state index is 11.7. The van der Waals surface area contributed by atoms with Crippen LogP contribution in [0.1, 0.15) is 27.2 Å². The van der Waals surface area contributed by atoms with E-state index in [1.54, 1.807) is 7.05 Å². The summed E-state index contributed by atoms with van der Waals surface area (Å²) in [5.41, 5.74) is -1.31. The molecule has 1 heterocycles. The lowest BCUT2D eigenvalue weighted by Gasteiger charge is -2.30. The van der Waals surface area contributed by atoms with Crippen LogP contribution in [-0.4, -0.2) is 54.0 Å². The molecule has 0 aromatic heterocycles. The molecule has 0 aromatic carbocycles. The maximum Gasteiger partial charge on any atom is 0.410 e. The fraction of sp³-hybridized carbons (Fsp3) is 0.909. The Kier molecular flexibility index (Phi) is 3.80. The summed E-state index contributed by atoms with van der Waals surface area (Å²) in [4.78, 5) is 13.1. The van der Waals surface area contributed by atoms with Crippen molar-refractivity contribution in [3.05, 3.63) is 0 Å². The maximum atomic E-state index is 11.7. The number of nitrogens with zero attached hydrogens (tertiary/aromatic N) is 1. The zero-order valence-electron chi connectivity index (χ0n) is 10.5. The number of carbonyl (C=O) groups is 1. The molecule has 1 atom stereocenters. The highest BCUT2D eigenvalue weighted by Crippen LogP contribution is 2.17. The normalized spacial score (nSPS) is 25.6. The van der Waals surface area contributed by atoms with Gasteiger partial charge in [-0.1, -0.05) is 0 Å². The Hall–Kier alpha value is -0.810. The Labute approximate surface area is 96.8 Å². The molecule has 94 valence electrons. The second kappa shape index (κ2) is 4.59. The van der Waals surface area contributed by atoms with E-state index in [1.165, 1.54) is 4.90 Å². The summed E-state index contributed by atoms with van der Waals surface area (Å²) in [6, 6.07) is 0. The molecule has 0 bridgehead atoms. The Bertz CT molecular complexity index is 254. The van der Waals surface area contributed by atoms with Gasteiger partial charge in [0.2, 0.25) is 0 Å². The molecule has 16 heavy (non-hydrogen) atoms. The van der Waals surface area contributed by atoms with Crippen molar-refractivity contribution < 1.29 is 14.6 Å². The molecular weight excluding hydrogens is 208 g/mol. The van der Waals surface area contributed by atoms with Crippen molar-refractivity contribution in [2.24, 2.45) is 0 Å². The van der Waals surface area contributed by atoms with Crippen LogP contribution in [0, 0.1) is 0 Å². The summed E-state index contributed by atoms with van der Waals surface area (Å²) in [5, 5.41) is 13.2. The average molecular weight is 230 g/mol. The van der Waals surface area contributed by atoms with Crippen LogP contribution >= 0.6 is 0 Å². The third-order valence-corrected chi connectivity index (χ3v) is 2.46. The number of hydrogen-bond acceptors (Lipinski definition) is 4. The Morgan fingerprint density at radius 3 is 2.62 bits per heavy atom. The van der Waals surface area contributed by atoms with E-state index in [-0.39, 0.29) is 0 Å². The lowest BCUT2D eigenvalue weighted by molar-refractivity contribution is -0.00256. The molecule has 5 heteroatoms. The van der Waals surface area contributed by atoms with Crippen LogP contribution in [-0.2, 0) is 4.74 Å². The molecule has 1 saturated heterocycles. The SMILES string of the molecule is CN(CC1(O)CCNC1)C(=O)OC(C)(C)C. The molecule has 1 unspecified atom stereocenters. The second-order valence-corrected chi connectivity index (χ2v) is 5.49. The molecule has 1 amide bonds. The minimum Gasteiger partial charge on any atom is -0.444 e. The van der Waals surface area contributed by atoms with Gasteiger partial charge in [-0.3, -0.25) is 0 Å². The van der Waals surface area contributed by atoms with Crippen molar-refractivity contribution in [3.63, 3.8) is 0 Å². The standard InChI is InChI=1S/C11H22N2O3/c1-10(2,3)16-9(14)13(4)8-11(15)5-6-12-7-11/h12,15H,5-8H2,1-4H3. The van der Waals surface area contributed by atoms with Crippen LogP contribution in [0.3, 0.4) is 0 Å². The first-order valence-electron chi connectivity index (χ1n) is 5.59. The summed E-state index contributed by atoms with van der Waals surface area (Å²) in [6.45, 7) is 7.09. The van der Waals surface area contributed by atoms with E-state index in [0.29, 0.717) is 19.5 Å². The molecule has 1 rings (SSSR count). The van der Waals surface area contributed by atoms with Gasteiger partial charge < -0.3 is 20.1 Å². The van der Waals surface area contributed by atoms with E-state index in [1.807, 2.05) is 20.8 Å². The van der Waals surface area contributed by atoms with Crippen molar-refractivity contribution in [2.75, 3.05) is 26.7 Å². The summed E-state index contributed by atoms with van der Waals surface area (Å²) in [7, 11) is 1.64. The van der Waals surface area contributed by atoms with Gasteiger partial charge in [0.1, 0.15) is 5.60 Å². The summed E-state index contributed by atoms with van der Waals surface area (Å²) >= 11 is 0. The minimum absolute atomic E-state index is 0.301. The highest BCUT2D eigenvalue weighted by atomic mass is 16.6. The number of rotatable bonds is 2. The van der Waals surface area contributed by atoms with Gasteiger partial charge in [0.15, 0.2) is 0 Å². The van der Waals surface area contributed by atoms with E-state index < -0.39 is 17.3 Å². The van der Waals surface area contributed by atoms with Crippen molar-refractivity contribution >= 4 is 6.09 Å². The fourth-order valence-electron chi connectivity index (χ4n) is 1.71. The summed E-state index contributed by atoms with van der Waals surface area (Å²) in [5.74, 6) is 0. The first kappa shape index (κ1) is 13.3. The van der Waals surface area contributed by atoms with E-state index in [2.05, 4.69) is 5.32 Å². The molecule has 1 fully saturated rings. The second-order valence-electron chi connectivity index (χ2n) is 5.49. The van der Waals surface area contributed by atoms with Crippen molar-refractivity contribution in [1.29, 1.82) is 0 Å². The van der Waals surface area contributed by atoms with Gasteiger partial charge in [0, 0.05) is 13.6 Å². The average Bonchev–Trinajstić information content (AvgIpc) is 2.48. The molecule has 1 aliphatic heterocycles. The van der Waals surface area contributed by atoms with Crippen LogP contribution in [0.15, 0.2) is 0 Å². The van der Waals surface area contributed by atoms with Gasteiger partial charge in [-0.25, -0.2) is 4.79 Å². The van der Waals surface area contributed by atoms with Gasteiger partial charge in [-0.2, -0.15) is 0 Å². The largest absolute Gasteiger partial charge is 0.444 e. The first-order chi connectivity index (χ1) is 7.22. The molecular formula is C11H22N2O3. The number of nitrogens with one attached hydrogen (secondary N) is 1. The number of ether oxygens (including phenoxy) is 1. The number of carbonyl (C=O) groups excluding carboxylic acids is 1. The Balaban J connectivity index is 2.45. The highest BCUT2D eigenvalue weighted by Gasteiger charge is 2.34. The van der Waals surface area contributed by atoms with Gasteiger partial charge in [-0.15, -0.1) is 0 Å². The van der Waals surface area contributed by atoms with Crippen LogP contribution in [0.2, 0.25) is 0 Å². The topological polar surface area (TPSA) is 61.8 Å². The number of likely N-dealkylation sites (N-methyl/N-ethyl adjacent to an activating group) is 1. The number of aliphatic hydroxyl groups is 1. The van der Waals surface area contributed by atoms with Gasteiger partial charge in [0.25, 0.3) is 0 Å². The first-order valence-corrected chi connectivity index (χ1v) is 5.59. The monoisotopic (exact) mass is 230 g/mol. The van der Waals surface area contributed by atoms with Gasteiger partial charge in [0.05, 0.1) is 12.1 Å². The molecule has 0 radical (unpaired) electrons. The zero-order chi connectivity index (χ0) is 12.4. The third kappa shape index (κ3) is 3.98. The van der Waals surface area contributed by atoms with Gasteiger partial charge in [-0.05, 0) is 33.7 Å². The van der Waals surface area contributed by atoms with E-state index in [9.17, 15) is 9.90 Å². The van der Waals surface area contributed by atoms with E-state index in [4.69, 9.17) is 4.74 Å². The molecule has 5 nitrogen and oxygen atoms in total. The van der Waals surface area contributed by atoms with Gasteiger partial charge >= 0.3 is 6.09 Å². The van der Waals surface area contributed by atoms with E-state index >= 15 is 0 Å². The molecule has 0 aromatic rings. The van der Waals surface area contributed by atoms with Crippen molar-refractivity contribution in [3.8, 4) is 0 Å². The van der Waals surface area contributed by atoms with Crippen molar-refractivity contribution in [2.45, 2.75) is 38.4 Å². The Morgan fingerprint density at radius 1 is 1.56 bits per heavy atom. The van der Waals surface area contributed by atoms with Crippen LogP contribution in [0.4, 0.5) is 4.79 Å². The smallest absolute Gasteiger partial charge is 0.410 e. The number of hydrogen-bond donors (Lipinski definition) is 2. The summed E-state index contributed by atoms with van der Waals surface area (Å²) in [6.07, 6.45) is 0.271. The predicted octanol–water partition coefficient (Wildman–Crippen LogP) is 0.578. The molecule has 0 spiro atoms. The fourth-order valence-corrected chi connectivity index (χ4v) is 1.71. The lowest BCUT2D eigenvalue weighted by atomic mass is 10.0. The van der Waals surface area contributed by atoms with Crippen LogP contribution < -0.4 is 5.32 Å². The van der Waals surface area contributed by atoms with Crippen LogP contribution in [0.25, 0.3) is 0 Å². The minimum atomic E-state index is -0.814. The number of amides is 1. The lowest BCUT2D eigenvalue weighted by Crippen LogP contribution is -2.46. The molecule has 1 aliphatic rings. The highest BCUT2D eigenvalue weighted by molar-refractivity contribution is 5.67. The quantitative estimate of drug-likeness (QED) is 0.728.